The normalized spacial score (nSPS) is 18.6. The summed E-state index contributed by atoms with van der Waals surface area (Å²) in [6.07, 6.45) is 5.97. The molecule has 0 radical (unpaired) electrons. The molecule has 2 N–H and O–H groups in total. The van der Waals surface area contributed by atoms with Crippen molar-refractivity contribution in [3.05, 3.63) is 0 Å². The summed E-state index contributed by atoms with van der Waals surface area (Å²) in [5, 5.41) is 6.81. The van der Waals surface area contributed by atoms with Crippen LogP contribution in [-0.2, 0) is 9.47 Å². The summed E-state index contributed by atoms with van der Waals surface area (Å²) in [7, 11) is 0. The van der Waals surface area contributed by atoms with Gasteiger partial charge < -0.3 is 20.1 Å². The molecule has 1 heterocycles. The average Bonchev–Trinajstić information content (AvgIpc) is 3.47. The Morgan fingerprint density at radius 1 is 1.19 bits per heavy atom. The van der Waals surface area contributed by atoms with Crippen molar-refractivity contribution in [2.45, 2.75) is 65.0 Å². The van der Waals surface area contributed by atoms with Crippen molar-refractivity contribution in [1.29, 1.82) is 0 Å². The fraction of sp³-hybridized carbons (Fsp3) is 0.950. The van der Waals surface area contributed by atoms with E-state index in [9.17, 15) is 0 Å². The predicted molar refractivity (Wildman–Crippen MR) is 123 cm³/mol. The van der Waals surface area contributed by atoms with E-state index in [0.29, 0.717) is 12.0 Å². The van der Waals surface area contributed by atoms with Crippen molar-refractivity contribution in [3.63, 3.8) is 0 Å². The molecule has 7 heteroatoms. The first-order valence-electron chi connectivity index (χ1n) is 10.6. The van der Waals surface area contributed by atoms with Crippen LogP contribution in [0.15, 0.2) is 4.99 Å². The van der Waals surface area contributed by atoms with Gasteiger partial charge in [-0.1, -0.05) is 0 Å². The zero-order chi connectivity index (χ0) is 18.6. The van der Waals surface area contributed by atoms with Crippen LogP contribution < -0.4 is 10.6 Å². The largest absolute Gasteiger partial charge is 0.381 e. The number of nitrogens with zero attached hydrogens (tertiary/aromatic N) is 2. The number of halogens is 1. The second-order valence-corrected chi connectivity index (χ2v) is 7.73. The molecule has 2 rings (SSSR count). The summed E-state index contributed by atoms with van der Waals surface area (Å²) in [6, 6.07) is 1.43. The fourth-order valence-electron chi connectivity index (χ4n) is 3.43. The highest BCUT2D eigenvalue weighted by Gasteiger charge is 2.30. The molecule has 160 valence electrons. The zero-order valence-corrected chi connectivity index (χ0v) is 19.9. The molecule has 0 amide bonds. The molecule has 1 saturated heterocycles. The number of guanidine groups is 1. The quantitative estimate of drug-likeness (QED) is 0.188. The number of nitrogens with one attached hydrogen (secondary N) is 2. The van der Waals surface area contributed by atoms with Crippen molar-refractivity contribution in [2.75, 3.05) is 52.6 Å². The summed E-state index contributed by atoms with van der Waals surface area (Å²) in [5.74, 6) is 1.61. The van der Waals surface area contributed by atoms with Crippen LogP contribution in [0.4, 0.5) is 0 Å². The molecular weight excluding hydrogens is 455 g/mol. The summed E-state index contributed by atoms with van der Waals surface area (Å²) in [4.78, 5) is 7.27. The molecule has 0 aromatic carbocycles. The Morgan fingerprint density at radius 3 is 2.56 bits per heavy atom. The van der Waals surface area contributed by atoms with Gasteiger partial charge in [-0.2, -0.15) is 0 Å². The third-order valence-corrected chi connectivity index (χ3v) is 5.10. The lowest BCUT2D eigenvalue weighted by Gasteiger charge is -2.26. The molecule has 27 heavy (non-hydrogen) atoms. The highest BCUT2D eigenvalue weighted by molar-refractivity contribution is 14.0. The fourth-order valence-corrected chi connectivity index (χ4v) is 3.43. The average molecular weight is 496 g/mol. The minimum Gasteiger partial charge on any atom is -0.381 e. The van der Waals surface area contributed by atoms with Crippen LogP contribution in [0.3, 0.4) is 0 Å². The Hall–Kier alpha value is -0.120. The van der Waals surface area contributed by atoms with E-state index in [1.807, 2.05) is 0 Å². The Bertz CT molecular complexity index is 397. The second-order valence-electron chi connectivity index (χ2n) is 7.73. The van der Waals surface area contributed by atoms with E-state index in [4.69, 9.17) is 9.47 Å². The van der Waals surface area contributed by atoms with Crippen LogP contribution in [0.5, 0.6) is 0 Å². The van der Waals surface area contributed by atoms with E-state index in [-0.39, 0.29) is 24.0 Å². The third-order valence-electron chi connectivity index (χ3n) is 5.10. The van der Waals surface area contributed by atoms with E-state index in [1.54, 1.807) is 0 Å². The first-order chi connectivity index (χ1) is 12.7. The molecule has 6 nitrogen and oxygen atoms in total. The predicted octanol–water partition coefficient (Wildman–Crippen LogP) is 2.87. The van der Waals surface area contributed by atoms with E-state index >= 15 is 0 Å². The number of hydrogen-bond donors (Lipinski definition) is 2. The summed E-state index contributed by atoms with van der Waals surface area (Å²) in [5.41, 5.74) is 0. The first kappa shape index (κ1) is 24.9. The number of ether oxygens (including phenoxy) is 2. The van der Waals surface area contributed by atoms with Gasteiger partial charge >= 0.3 is 0 Å². The first-order valence-corrected chi connectivity index (χ1v) is 10.6. The number of rotatable bonds is 12. The maximum atomic E-state index is 5.81. The van der Waals surface area contributed by atoms with E-state index in [2.05, 4.69) is 41.3 Å². The van der Waals surface area contributed by atoms with Gasteiger partial charge in [0.05, 0.1) is 0 Å². The topological polar surface area (TPSA) is 58.1 Å². The smallest absolute Gasteiger partial charge is 0.191 e. The van der Waals surface area contributed by atoms with Crippen LogP contribution in [0.25, 0.3) is 0 Å². The van der Waals surface area contributed by atoms with Crippen molar-refractivity contribution in [3.8, 4) is 0 Å². The van der Waals surface area contributed by atoms with Gasteiger partial charge in [-0.25, -0.2) is 0 Å². The Kier molecular flexibility index (Phi) is 13.7. The van der Waals surface area contributed by atoms with E-state index in [1.165, 1.54) is 12.8 Å². The Morgan fingerprint density at radius 2 is 1.93 bits per heavy atom. The standard InChI is InChI=1S/C20H40N4O2.HI/c1-4-21-20(23-11-12-24(17(2)3)19-6-7-19)22-10-5-13-26-16-18-8-14-25-15-9-18;/h17-19H,4-16H2,1-3H3,(H2,21,22,23);1H. The van der Waals surface area contributed by atoms with Gasteiger partial charge in [0.2, 0.25) is 0 Å². The van der Waals surface area contributed by atoms with Gasteiger partial charge in [-0.15, -0.1) is 24.0 Å². The second kappa shape index (κ2) is 14.8. The van der Waals surface area contributed by atoms with Gasteiger partial charge in [-0.05, 0) is 58.8 Å². The SMILES string of the molecule is CCNC(=NCCCOCC1CCOCC1)NCCN(C(C)C)C1CC1.I. The summed E-state index contributed by atoms with van der Waals surface area (Å²) < 4.78 is 11.2. The van der Waals surface area contributed by atoms with Crippen LogP contribution in [0.1, 0.15) is 52.9 Å². The highest BCUT2D eigenvalue weighted by atomic mass is 127. The number of aliphatic imine (C=N–C) groups is 1. The van der Waals surface area contributed by atoms with Gasteiger partial charge in [0.15, 0.2) is 5.96 Å². The molecule has 0 aromatic rings. The Balaban J connectivity index is 0.00000364. The van der Waals surface area contributed by atoms with E-state index in [0.717, 1.165) is 83.9 Å². The molecule has 2 fully saturated rings. The number of hydrogen-bond acceptors (Lipinski definition) is 4. The molecule has 2 aliphatic rings. The monoisotopic (exact) mass is 496 g/mol. The maximum Gasteiger partial charge on any atom is 0.191 e. The van der Waals surface area contributed by atoms with Gasteiger partial charge in [0, 0.05) is 64.7 Å². The van der Waals surface area contributed by atoms with Gasteiger partial charge in [-0.3, -0.25) is 9.89 Å². The zero-order valence-electron chi connectivity index (χ0n) is 17.5. The minimum absolute atomic E-state index is 0. The molecule has 0 spiro atoms. The third kappa shape index (κ3) is 10.9. The molecule has 0 aromatic heterocycles. The molecule has 1 aliphatic heterocycles. The van der Waals surface area contributed by atoms with Crippen molar-refractivity contribution in [1.82, 2.24) is 15.5 Å². The highest BCUT2D eigenvalue weighted by Crippen LogP contribution is 2.27. The van der Waals surface area contributed by atoms with Crippen molar-refractivity contribution >= 4 is 29.9 Å². The molecule has 0 unspecified atom stereocenters. The summed E-state index contributed by atoms with van der Waals surface area (Å²) in [6.45, 7) is 13.9. The summed E-state index contributed by atoms with van der Waals surface area (Å²) >= 11 is 0. The lowest BCUT2D eigenvalue weighted by Crippen LogP contribution is -2.44. The van der Waals surface area contributed by atoms with Crippen LogP contribution in [0, 0.1) is 5.92 Å². The lowest BCUT2D eigenvalue weighted by molar-refractivity contribution is 0.0205. The van der Waals surface area contributed by atoms with Crippen LogP contribution >= 0.6 is 24.0 Å². The van der Waals surface area contributed by atoms with Gasteiger partial charge in [0.25, 0.3) is 0 Å². The molecule has 0 atom stereocenters. The van der Waals surface area contributed by atoms with Crippen LogP contribution in [-0.4, -0.2) is 75.5 Å². The lowest BCUT2D eigenvalue weighted by atomic mass is 10.0. The molecular formula is C20H41IN4O2. The van der Waals surface area contributed by atoms with Gasteiger partial charge in [0.1, 0.15) is 0 Å². The van der Waals surface area contributed by atoms with Crippen molar-refractivity contribution in [2.24, 2.45) is 10.9 Å². The molecule has 0 bridgehead atoms. The maximum absolute atomic E-state index is 5.81. The molecule has 1 saturated carbocycles. The molecule has 1 aliphatic carbocycles. The minimum atomic E-state index is 0. The Labute approximate surface area is 183 Å². The van der Waals surface area contributed by atoms with Crippen LogP contribution in [0.2, 0.25) is 0 Å². The van der Waals surface area contributed by atoms with Crippen molar-refractivity contribution < 1.29 is 9.47 Å². The van der Waals surface area contributed by atoms with E-state index < -0.39 is 0 Å².